The molecular weight excluding hydrogens is 360 g/mol. The maximum Gasteiger partial charge on any atom is 0.227 e. The highest BCUT2D eigenvalue weighted by Gasteiger charge is 2.33. The molecule has 29 heavy (non-hydrogen) atoms. The molecule has 0 aliphatic carbocycles. The second-order valence-electron chi connectivity index (χ2n) is 8.98. The van der Waals surface area contributed by atoms with Gasteiger partial charge in [0, 0.05) is 24.4 Å². The zero-order valence-electron chi connectivity index (χ0n) is 17.7. The summed E-state index contributed by atoms with van der Waals surface area (Å²) >= 11 is 0. The van der Waals surface area contributed by atoms with Crippen LogP contribution in [0.3, 0.4) is 0 Å². The number of benzene rings is 2. The average Bonchev–Trinajstić information content (AvgIpc) is 2.73. The fourth-order valence-corrected chi connectivity index (χ4v) is 3.90. The van der Waals surface area contributed by atoms with Gasteiger partial charge < -0.3 is 10.2 Å². The zero-order valence-corrected chi connectivity index (χ0v) is 17.7. The molecule has 0 aromatic heterocycles. The Morgan fingerprint density at radius 2 is 1.52 bits per heavy atom. The van der Waals surface area contributed by atoms with Gasteiger partial charge in [-0.05, 0) is 30.4 Å². The zero-order chi connectivity index (χ0) is 20.9. The van der Waals surface area contributed by atoms with Crippen molar-refractivity contribution in [2.45, 2.75) is 46.1 Å². The summed E-state index contributed by atoms with van der Waals surface area (Å²) in [5.74, 6) is 0.223. The van der Waals surface area contributed by atoms with Crippen LogP contribution in [0, 0.1) is 11.3 Å². The molecule has 1 N–H and O–H groups in total. The Morgan fingerprint density at radius 3 is 2.07 bits per heavy atom. The molecule has 1 aliphatic rings. The monoisotopic (exact) mass is 392 g/mol. The minimum absolute atomic E-state index is 0.0407. The summed E-state index contributed by atoms with van der Waals surface area (Å²) in [5, 5.41) is 3.28. The number of nitrogens with zero attached hydrogens (tertiary/aromatic N) is 1. The minimum atomic E-state index is -0.372. The third-order valence-corrected chi connectivity index (χ3v) is 5.60. The predicted molar refractivity (Wildman–Crippen MR) is 116 cm³/mol. The van der Waals surface area contributed by atoms with Crippen LogP contribution in [0.15, 0.2) is 60.7 Å². The molecule has 1 heterocycles. The molecule has 0 spiro atoms. The van der Waals surface area contributed by atoms with Crippen molar-refractivity contribution >= 4 is 11.8 Å². The van der Waals surface area contributed by atoms with Crippen LogP contribution in [0.4, 0.5) is 0 Å². The summed E-state index contributed by atoms with van der Waals surface area (Å²) in [7, 11) is 0. The van der Waals surface area contributed by atoms with E-state index >= 15 is 0 Å². The number of carbonyl (C=O) groups is 2. The first kappa shape index (κ1) is 21.1. The lowest BCUT2D eigenvalue weighted by atomic mass is 9.90. The number of carbonyl (C=O) groups excluding carboxylic acids is 2. The normalized spacial score (nSPS) is 16.3. The maximum absolute atomic E-state index is 13.0. The first-order chi connectivity index (χ1) is 13.8. The van der Waals surface area contributed by atoms with Crippen molar-refractivity contribution in [3.63, 3.8) is 0 Å². The Labute approximate surface area is 174 Å². The van der Waals surface area contributed by atoms with E-state index in [1.165, 1.54) is 5.56 Å². The molecule has 1 aliphatic heterocycles. The molecule has 1 unspecified atom stereocenters. The number of hydrogen-bond donors (Lipinski definition) is 1. The van der Waals surface area contributed by atoms with Crippen LogP contribution in [0.2, 0.25) is 0 Å². The second-order valence-corrected chi connectivity index (χ2v) is 8.98. The largest absolute Gasteiger partial charge is 0.349 e. The number of amides is 2. The molecule has 4 heteroatoms. The molecule has 2 aromatic carbocycles. The van der Waals surface area contributed by atoms with Gasteiger partial charge in [-0.15, -0.1) is 0 Å². The number of likely N-dealkylation sites (tertiary alicyclic amines) is 1. The molecule has 1 saturated heterocycles. The number of hydrogen-bond acceptors (Lipinski definition) is 2. The van der Waals surface area contributed by atoms with E-state index in [0.717, 1.165) is 24.8 Å². The maximum atomic E-state index is 13.0. The number of rotatable bonds is 5. The van der Waals surface area contributed by atoms with Crippen molar-refractivity contribution < 1.29 is 9.59 Å². The van der Waals surface area contributed by atoms with Crippen molar-refractivity contribution in [1.82, 2.24) is 10.2 Å². The van der Waals surface area contributed by atoms with Gasteiger partial charge in [0.25, 0.3) is 0 Å². The van der Waals surface area contributed by atoms with Gasteiger partial charge in [-0.1, -0.05) is 81.4 Å². The van der Waals surface area contributed by atoms with E-state index in [2.05, 4.69) is 29.6 Å². The van der Waals surface area contributed by atoms with Gasteiger partial charge in [-0.2, -0.15) is 0 Å². The summed E-state index contributed by atoms with van der Waals surface area (Å²) in [4.78, 5) is 27.4. The topological polar surface area (TPSA) is 49.4 Å². The van der Waals surface area contributed by atoms with Crippen LogP contribution in [0.5, 0.6) is 0 Å². The highest BCUT2D eigenvalue weighted by Crippen LogP contribution is 2.25. The molecule has 0 saturated carbocycles. The molecule has 154 valence electrons. The number of piperidine rings is 1. The minimum Gasteiger partial charge on any atom is -0.349 e. The van der Waals surface area contributed by atoms with Crippen molar-refractivity contribution in [2.75, 3.05) is 13.1 Å². The standard InChI is InChI=1S/C25H32N2O2/c1-25(2,3)24(29)27-16-14-21(15-17-27)23(28)26-22(20-12-8-5-9-13-20)18-19-10-6-4-7-11-19/h4-13,21-22H,14-18H2,1-3H3,(H,26,28). The smallest absolute Gasteiger partial charge is 0.227 e. The van der Waals surface area contributed by atoms with Crippen molar-refractivity contribution in [3.8, 4) is 0 Å². The average molecular weight is 393 g/mol. The SMILES string of the molecule is CC(C)(C)C(=O)N1CCC(C(=O)NC(Cc2ccccc2)c2ccccc2)CC1. The van der Waals surface area contributed by atoms with Crippen LogP contribution in [-0.4, -0.2) is 29.8 Å². The van der Waals surface area contributed by atoms with E-state index in [0.29, 0.717) is 13.1 Å². The van der Waals surface area contributed by atoms with E-state index in [1.807, 2.05) is 62.1 Å². The van der Waals surface area contributed by atoms with Gasteiger partial charge >= 0.3 is 0 Å². The first-order valence-corrected chi connectivity index (χ1v) is 10.5. The van der Waals surface area contributed by atoms with Crippen LogP contribution in [0.25, 0.3) is 0 Å². The van der Waals surface area contributed by atoms with Crippen molar-refractivity contribution in [3.05, 3.63) is 71.8 Å². The summed E-state index contributed by atoms with van der Waals surface area (Å²) < 4.78 is 0. The van der Waals surface area contributed by atoms with Crippen LogP contribution in [-0.2, 0) is 16.0 Å². The fraction of sp³-hybridized carbons (Fsp3) is 0.440. The predicted octanol–water partition coefficient (Wildman–Crippen LogP) is 4.37. The molecule has 4 nitrogen and oxygen atoms in total. The Kier molecular flexibility index (Phi) is 6.73. The summed E-state index contributed by atoms with van der Waals surface area (Å²) in [6.07, 6.45) is 2.21. The van der Waals surface area contributed by atoms with Gasteiger partial charge in [0.1, 0.15) is 0 Å². The van der Waals surface area contributed by atoms with E-state index in [1.54, 1.807) is 0 Å². The lowest BCUT2D eigenvalue weighted by molar-refractivity contribution is -0.142. The Bertz CT molecular complexity index is 804. The van der Waals surface area contributed by atoms with Crippen molar-refractivity contribution in [2.24, 2.45) is 11.3 Å². The molecule has 3 rings (SSSR count). The summed E-state index contributed by atoms with van der Waals surface area (Å²) in [5.41, 5.74) is 1.95. The second kappa shape index (κ2) is 9.25. The van der Waals surface area contributed by atoms with Crippen LogP contribution in [0.1, 0.15) is 50.8 Å². The highest BCUT2D eigenvalue weighted by atomic mass is 16.2. The van der Waals surface area contributed by atoms with Crippen LogP contribution < -0.4 is 5.32 Å². The first-order valence-electron chi connectivity index (χ1n) is 10.5. The van der Waals surface area contributed by atoms with Gasteiger partial charge in [-0.25, -0.2) is 0 Å². The van der Waals surface area contributed by atoms with Gasteiger partial charge in [0.05, 0.1) is 6.04 Å². The van der Waals surface area contributed by atoms with E-state index < -0.39 is 0 Å². The molecule has 0 bridgehead atoms. The molecule has 2 aromatic rings. The van der Waals surface area contributed by atoms with Gasteiger partial charge in [0.2, 0.25) is 11.8 Å². The quantitative estimate of drug-likeness (QED) is 0.821. The molecule has 1 fully saturated rings. The van der Waals surface area contributed by atoms with E-state index in [9.17, 15) is 9.59 Å². The van der Waals surface area contributed by atoms with Gasteiger partial charge in [0.15, 0.2) is 0 Å². The highest BCUT2D eigenvalue weighted by molar-refractivity contribution is 5.83. The Morgan fingerprint density at radius 1 is 0.966 bits per heavy atom. The van der Waals surface area contributed by atoms with Gasteiger partial charge in [-0.3, -0.25) is 9.59 Å². The third kappa shape index (κ3) is 5.69. The van der Waals surface area contributed by atoms with E-state index in [-0.39, 0.29) is 29.2 Å². The summed E-state index contributed by atoms with van der Waals surface area (Å²) in [6, 6.07) is 20.3. The molecular formula is C25H32N2O2. The Hall–Kier alpha value is -2.62. The lowest BCUT2D eigenvalue weighted by Crippen LogP contribution is -2.47. The van der Waals surface area contributed by atoms with Crippen molar-refractivity contribution in [1.29, 1.82) is 0 Å². The molecule has 1 atom stereocenters. The number of nitrogens with one attached hydrogen (secondary N) is 1. The lowest BCUT2D eigenvalue weighted by Gasteiger charge is -2.35. The fourth-order valence-electron chi connectivity index (χ4n) is 3.90. The summed E-state index contributed by atoms with van der Waals surface area (Å²) in [6.45, 7) is 7.15. The molecule has 2 amide bonds. The Balaban J connectivity index is 1.64. The third-order valence-electron chi connectivity index (χ3n) is 5.60. The van der Waals surface area contributed by atoms with E-state index in [4.69, 9.17) is 0 Å². The molecule has 0 radical (unpaired) electrons. The van der Waals surface area contributed by atoms with Crippen LogP contribution >= 0.6 is 0 Å².